The molecular formula is C18H28FNO2. The number of ether oxygens (including phenoxy) is 1. The molecule has 0 saturated heterocycles. The van der Waals surface area contributed by atoms with Crippen LogP contribution in [-0.2, 0) is 4.74 Å². The normalized spacial score (nSPS) is 14.3. The maximum Gasteiger partial charge on any atom is 0.119 e. The Morgan fingerprint density at radius 2 is 1.91 bits per heavy atom. The Morgan fingerprint density at radius 1 is 1.18 bits per heavy atom. The van der Waals surface area contributed by atoms with Gasteiger partial charge in [-0.2, -0.15) is 0 Å². The summed E-state index contributed by atoms with van der Waals surface area (Å²) in [6.07, 6.45) is 13.0. The van der Waals surface area contributed by atoms with Crippen LogP contribution in [0.2, 0.25) is 0 Å². The number of likely N-dealkylation sites (N-methyl/N-ethyl adjacent to an activating group) is 1. The average molecular weight is 309 g/mol. The van der Waals surface area contributed by atoms with Crippen LogP contribution >= 0.6 is 0 Å². The fourth-order valence-corrected chi connectivity index (χ4v) is 1.68. The minimum atomic E-state index is -0.254. The van der Waals surface area contributed by atoms with Crippen molar-refractivity contribution in [2.24, 2.45) is 0 Å². The van der Waals surface area contributed by atoms with Crippen molar-refractivity contribution >= 4 is 0 Å². The highest BCUT2D eigenvalue weighted by Crippen LogP contribution is 2.09. The van der Waals surface area contributed by atoms with Gasteiger partial charge >= 0.3 is 0 Å². The molecule has 0 atom stereocenters. The first-order chi connectivity index (χ1) is 10.5. The first-order valence-electron chi connectivity index (χ1n) is 7.50. The molecule has 0 unspecified atom stereocenters. The summed E-state index contributed by atoms with van der Waals surface area (Å²) >= 11 is 0. The zero-order valence-corrected chi connectivity index (χ0v) is 14.1. The molecule has 124 valence electrons. The fraction of sp³-hybridized carbons (Fsp3) is 0.444. The molecule has 0 fully saturated rings. The van der Waals surface area contributed by atoms with Crippen LogP contribution in [0.1, 0.15) is 26.7 Å². The van der Waals surface area contributed by atoms with Crippen molar-refractivity contribution in [2.75, 3.05) is 27.3 Å². The van der Waals surface area contributed by atoms with E-state index in [1.807, 2.05) is 31.0 Å². The largest absolute Gasteiger partial charge is 0.508 e. The van der Waals surface area contributed by atoms with Crippen LogP contribution < -0.4 is 0 Å². The molecule has 0 aliphatic rings. The van der Waals surface area contributed by atoms with E-state index in [2.05, 4.69) is 0 Å². The molecule has 0 heterocycles. The summed E-state index contributed by atoms with van der Waals surface area (Å²) in [5, 5.41) is 9.66. The van der Waals surface area contributed by atoms with Gasteiger partial charge in [0.2, 0.25) is 0 Å². The Kier molecular flexibility index (Phi) is 11.8. The summed E-state index contributed by atoms with van der Waals surface area (Å²) in [6, 6.07) is 0. The van der Waals surface area contributed by atoms with Gasteiger partial charge in [0.15, 0.2) is 0 Å². The van der Waals surface area contributed by atoms with Crippen molar-refractivity contribution in [2.45, 2.75) is 26.7 Å². The van der Waals surface area contributed by atoms with Crippen molar-refractivity contribution in [3.05, 3.63) is 59.8 Å². The van der Waals surface area contributed by atoms with Crippen molar-refractivity contribution in [3.63, 3.8) is 0 Å². The smallest absolute Gasteiger partial charge is 0.119 e. The summed E-state index contributed by atoms with van der Waals surface area (Å²) in [5.74, 6) is -0.0282. The summed E-state index contributed by atoms with van der Waals surface area (Å²) in [5.41, 5.74) is 0.901. The van der Waals surface area contributed by atoms with Gasteiger partial charge in [0.1, 0.15) is 11.6 Å². The Balaban J connectivity index is 4.99. The monoisotopic (exact) mass is 309 g/mol. The van der Waals surface area contributed by atoms with E-state index >= 15 is 0 Å². The van der Waals surface area contributed by atoms with Gasteiger partial charge in [0.25, 0.3) is 0 Å². The van der Waals surface area contributed by atoms with Gasteiger partial charge in [-0.3, -0.25) is 0 Å². The van der Waals surface area contributed by atoms with Crippen LogP contribution in [0.3, 0.4) is 0 Å². The Morgan fingerprint density at radius 3 is 2.50 bits per heavy atom. The molecule has 0 aliphatic heterocycles. The predicted molar refractivity (Wildman–Crippen MR) is 91.4 cm³/mol. The number of halogens is 1. The van der Waals surface area contributed by atoms with Crippen molar-refractivity contribution < 1.29 is 14.2 Å². The molecule has 0 rings (SSSR count). The summed E-state index contributed by atoms with van der Waals surface area (Å²) in [4.78, 5) is 2.00. The highest BCUT2D eigenvalue weighted by molar-refractivity contribution is 5.25. The van der Waals surface area contributed by atoms with Crippen molar-refractivity contribution in [3.8, 4) is 0 Å². The van der Waals surface area contributed by atoms with Crippen LogP contribution in [0, 0.1) is 0 Å². The molecule has 0 spiro atoms. The quantitative estimate of drug-likeness (QED) is 0.470. The second-order valence-corrected chi connectivity index (χ2v) is 4.74. The zero-order chi connectivity index (χ0) is 16.8. The number of hydrogen-bond donors (Lipinski definition) is 1. The molecule has 1 N–H and O–H groups in total. The highest BCUT2D eigenvalue weighted by atomic mass is 19.1. The number of rotatable bonds is 10. The van der Waals surface area contributed by atoms with Crippen LogP contribution in [-0.4, -0.2) is 37.3 Å². The summed E-state index contributed by atoms with van der Waals surface area (Å²) in [6.45, 7) is 5.05. The highest BCUT2D eigenvalue weighted by Gasteiger charge is 2.01. The van der Waals surface area contributed by atoms with Gasteiger partial charge in [-0.1, -0.05) is 19.1 Å². The zero-order valence-electron chi connectivity index (χ0n) is 14.1. The first-order valence-corrected chi connectivity index (χ1v) is 7.50. The van der Waals surface area contributed by atoms with Gasteiger partial charge in [-0.15, -0.1) is 0 Å². The standard InChI is InChI=1S/C18H28FNO2/c1-5-8-16(19)10-7-11-17(20(3)14-15-22-4)12-13-18(21)9-6-2/h5,8-13,21H,6-7,14-15H2,1-4H3/b8-5-,13-12+,16-10+,17-11-,18-9-. The van der Waals surface area contributed by atoms with E-state index in [4.69, 9.17) is 4.74 Å². The Labute approximate surface area is 133 Å². The summed E-state index contributed by atoms with van der Waals surface area (Å²) < 4.78 is 18.4. The lowest BCUT2D eigenvalue weighted by molar-refractivity contribution is 0.175. The minimum absolute atomic E-state index is 0.226. The SMILES string of the molecule is C/C=C\C(F)=C/C/C=C(/C=C/C(O)=C/CC)N(C)CCOC. The molecule has 3 nitrogen and oxygen atoms in total. The van der Waals surface area contributed by atoms with Crippen LogP contribution in [0.5, 0.6) is 0 Å². The Hall–Kier alpha value is -1.81. The van der Waals surface area contributed by atoms with E-state index in [1.54, 1.807) is 32.3 Å². The predicted octanol–water partition coefficient (Wildman–Crippen LogP) is 4.68. The van der Waals surface area contributed by atoms with E-state index < -0.39 is 0 Å². The van der Waals surface area contributed by atoms with Gasteiger partial charge in [-0.05, 0) is 50.1 Å². The number of methoxy groups -OCH3 is 1. The van der Waals surface area contributed by atoms with Crippen molar-refractivity contribution in [1.82, 2.24) is 4.90 Å². The second-order valence-electron chi connectivity index (χ2n) is 4.74. The lowest BCUT2D eigenvalue weighted by atomic mass is 10.2. The summed E-state index contributed by atoms with van der Waals surface area (Å²) in [7, 11) is 3.58. The number of aliphatic hydroxyl groups excluding tert-OH is 1. The van der Waals surface area contributed by atoms with Gasteiger partial charge in [-0.25, -0.2) is 4.39 Å². The van der Waals surface area contributed by atoms with Crippen LogP contribution in [0.15, 0.2) is 59.8 Å². The molecule has 4 heteroatoms. The van der Waals surface area contributed by atoms with Crippen LogP contribution in [0.4, 0.5) is 4.39 Å². The second kappa shape index (κ2) is 12.9. The molecule has 0 amide bonds. The van der Waals surface area contributed by atoms with E-state index in [-0.39, 0.29) is 11.6 Å². The van der Waals surface area contributed by atoms with E-state index in [9.17, 15) is 9.50 Å². The lowest BCUT2D eigenvalue weighted by Gasteiger charge is -2.20. The van der Waals surface area contributed by atoms with E-state index in [0.29, 0.717) is 19.6 Å². The number of hydrogen-bond acceptors (Lipinski definition) is 3. The van der Waals surface area contributed by atoms with E-state index in [1.165, 1.54) is 12.2 Å². The van der Waals surface area contributed by atoms with E-state index in [0.717, 1.165) is 12.1 Å². The lowest BCUT2D eigenvalue weighted by Crippen LogP contribution is -2.21. The number of allylic oxidation sites excluding steroid dienone is 8. The van der Waals surface area contributed by atoms with Gasteiger partial charge in [0.05, 0.1) is 6.61 Å². The molecule has 0 saturated carbocycles. The fourth-order valence-electron chi connectivity index (χ4n) is 1.68. The van der Waals surface area contributed by atoms with Crippen LogP contribution in [0.25, 0.3) is 0 Å². The molecule has 22 heavy (non-hydrogen) atoms. The maximum absolute atomic E-state index is 13.3. The molecule has 0 aromatic carbocycles. The molecule has 0 bridgehead atoms. The molecular weight excluding hydrogens is 281 g/mol. The third-order valence-corrected chi connectivity index (χ3v) is 2.88. The molecule has 0 aliphatic carbocycles. The molecule has 0 aromatic rings. The third-order valence-electron chi connectivity index (χ3n) is 2.88. The molecule has 0 radical (unpaired) electrons. The first kappa shape index (κ1) is 20.2. The minimum Gasteiger partial charge on any atom is -0.508 e. The maximum atomic E-state index is 13.3. The average Bonchev–Trinajstić information content (AvgIpc) is 2.48. The number of aliphatic hydroxyl groups is 1. The van der Waals surface area contributed by atoms with Gasteiger partial charge in [0, 0.05) is 26.4 Å². The topological polar surface area (TPSA) is 32.7 Å². The van der Waals surface area contributed by atoms with Gasteiger partial charge < -0.3 is 14.7 Å². The Bertz CT molecular complexity index is 448. The van der Waals surface area contributed by atoms with Crippen molar-refractivity contribution in [1.29, 1.82) is 0 Å². The third kappa shape index (κ3) is 10.00. The molecule has 0 aromatic heterocycles. The number of nitrogens with zero attached hydrogens (tertiary/aromatic N) is 1.